The van der Waals surface area contributed by atoms with Crippen LogP contribution in [-0.4, -0.2) is 53.1 Å². The summed E-state index contributed by atoms with van der Waals surface area (Å²) >= 11 is 0. The molecule has 82 valence electrons. The second-order valence-corrected chi connectivity index (χ2v) is 1.93. The van der Waals surface area contributed by atoms with Crippen LogP contribution in [0.4, 0.5) is 0 Å². The summed E-state index contributed by atoms with van der Waals surface area (Å²) < 4.78 is 4.79. The van der Waals surface area contributed by atoms with Gasteiger partial charge in [-0.25, -0.2) is 0 Å². The molecule has 0 aromatic rings. The van der Waals surface area contributed by atoms with E-state index in [1.807, 2.05) is 0 Å². The number of rotatable bonds is 2. The van der Waals surface area contributed by atoms with Gasteiger partial charge in [-0.15, -0.1) is 0 Å². The van der Waals surface area contributed by atoms with E-state index < -0.39 is 6.79 Å². The van der Waals surface area contributed by atoms with Gasteiger partial charge in [0.2, 0.25) is 0 Å². The van der Waals surface area contributed by atoms with Crippen LogP contribution in [0.15, 0.2) is 0 Å². The number of aliphatic hydroxyl groups excluding tert-OH is 3. The van der Waals surface area contributed by atoms with Gasteiger partial charge in [0, 0.05) is 78.6 Å². The maximum absolute atomic E-state index is 8.20. The standard InChI is InChI=1S/C4H8O2.C2H6O.CH4O2.2Y/c5-2-1-4-3-6-4;1-2-3;2-1-3;;/h4-5H,1-3H2;3H,2H2,1H3;2-3H,1H2;;. The van der Waals surface area contributed by atoms with Crippen molar-refractivity contribution in [3.8, 4) is 0 Å². The fourth-order valence-corrected chi connectivity index (χ4v) is 0.379. The first-order chi connectivity index (χ1) is 5.76. The third-order valence-electron chi connectivity index (χ3n) is 0.853. The van der Waals surface area contributed by atoms with Crippen LogP contribution in [0.2, 0.25) is 0 Å². The second kappa shape index (κ2) is 24.3. The van der Waals surface area contributed by atoms with Crippen molar-refractivity contribution in [3.05, 3.63) is 0 Å². The van der Waals surface area contributed by atoms with Gasteiger partial charge in [-0.1, -0.05) is 0 Å². The van der Waals surface area contributed by atoms with E-state index in [-0.39, 0.29) is 78.6 Å². The van der Waals surface area contributed by atoms with E-state index in [2.05, 4.69) is 0 Å². The fraction of sp³-hybridized carbons (Fsp3) is 1.00. The summed E-state index contributed by atoms with van der Waals surface area (Å²) in [7, 11) is 0. The van der Waals surface area contributed by atoms with E-state index in [4.69, 9.17) is 25.2 Å². The molecule has 1 saturated heterocycles. The van der Waals surface area contributed by atoms with Gasteiger partial charge < -0.3 is 25.2 Å². The topological polar surface area (TPSA) is 93.5 Å². The number of epoxide rings is 1. The normalized spacial score (nSPS) is 15.6. The summed E-state index contributed by atoms with van der Waals surface area (Å²) in [5.41, 5.74) is 0. The molecule has 5 nitrogen and oxygen atoms in total. The van der Waals surface area contributed by atoms with Gasteiger partial charge in [-0.3, -0.25) is 0 Å². The Hall–Kier alpha value is 2.01. The first-order valence-electron chi connectivity index (χ1n) is 3.81. The molecule has 2 radical (unpaired) electrons. The molecule has 0 amide bonds. The summed E-state index contributed by atoms with van der Waals surface area (Å²) in [5, 5.41) is 30.0. The van der Waals surface area contributed by atoms with Crippen molar-refractivity contribution < 1.29 is 90.6 Å². The fourth-order valence-electron chi connectivity index (χ4n) is 0.379. The Bertz CT molecular complexity index is 71.1. The molecule has 1 rings (SSSR count). The average molecular weight is 360 g/mol. The number of hydrogen-bond acceptors (Lipinski definition) is 5. The molecule has 7 heteroatoms. The predicted octanol–water partition coefficient (Wildman–Crippen LogP) is -1.31. The first-order valence-corrected chi connectivity index (χ1v) is 3.81. The second-order valence-electron chi connectivity index (χ2n) is 1.93. The predicted molar refractivity (Wildman–Crippen MR) is 43.5 cm³/mol. The molecule has 0 aromatic heterocycles. The van der Waals surface area contributed by atoms with Crippen LogP contribution in [-0.2, 0) is 70.2 Å². The summed E-state index contributed by atoms with van der Waals surface area (Å²) in [6, 6.07) is 0. The van der Waals surface area contributed by atoms with Gasteiger partial charge >= 0.3 is 0 Å². The third kappa shape index (κ3) is 37.0. The van der Waals surface area contributed by atoms with Crippen LogP contribution in [0.3, 0.4) is 0 Å². The maximum Gasteiger partial charge on any atom is 0.140 e. The molecule has 14 heavy (non-hydrogen) atoms. The van der Waals surface area contributed by atoms with E-state index >= 15 is 0 Å². The molecule has 0 spiro atoms. The molecule has 0 aromatic carbocycles. The summed E-state index contributed by atoms with van der Waals surface area (Å²) in [6.45, 7) is 2.31. The van der Waals surface area contributed by atoms with Gasteiger partial charge in [-0.05, 0) is 13.3 Å². The maximum atomic E-state index is 8.20. The average Bonchev–Trinajstić information content (AvgIpc) is 2.76. The van der Waals surface area contributed by atoms with Crippen molar-refractivity contribution in [2.45, 2.75) is 19.4 Å². The molecule has 0 saturated carbocycles. The van der Waals surface area contributed by atoms with E-state index in [0.717, 1.165) is 13.0 Å². The van der Waals surface area contributed by atoms with Gasteiger partial charge in [0.25, 0.3) is 0 Å². The molecular weight excluding hydrogens is 342 g/mol. The Kier molecular flexibility index (Phi) is 43.4. The number of aliphatic hydroxyl groups is 4. The van der Waals surface area contributed by atoms with Crippen LogP contribution in [0.25, 0.3) is 0 Å². The zero-order valence-electron chi connectivity index (χ0n) is 8.46. The zero-order valence-corrected chi connectivity index (χ0v) is 14.1. The van der Waals surface area contributed by atoms with Crippen LogP contribution in [0.1, 0.15) is 13.3 Å². The van der Waals surface area contributed by atoms with Gasteiger partial charge in [-0.2, -0.15) is 0 Å². The number of ether oxygens (including phenoxy) is 1. The Morgan fingerprint density at radius 2 is 1.43 bits per heavy atom. The molecule has 1 heterocycles. The smallest absolute Gasteiger partial charge is 0.140 e. The van der Waals surface area contributed by atoms with E-state index in [1.54, 1.807) is 6.92 Å². The molecule has 1 atom stereocenters. The SMILES string of the molecule is CCO.OCCC1CO1.OCO.[Y].[Y]. The minimum absolute atomic E-state index is 0. The van der Waals surface area contributed by atoms with Crippen LogP contribution >= 0.6 is 0 Å². The molecule has 0 aliphatic carbocycles. The number of hydrogen-bond donors (Lipinski definition) is 4. The molecule has 1 aliphatic rings. The van der Waals surface area contributed by atoms with Gasteiger partial charge in [0.05, 0.1) is 12.7 Å². The Morgan fingerprint density at radius 3 is 1.50 bits per heavy atom. The van der Waals surface area contributed by atoms with Crippen LogP contribution in [0, 0.1) is 0 Å². The van der Waals surface area contributed by atoms with Gasteiger partial charge in [0.1, 0.15) is 6.79 Å². The molecular formula is C7H18O5Y2. The molecule has 0 bridgehead atoms. The largest absolute Gasteiger partial charge is 0.397 e. The minimum atomic E-state index is -0.750. The van der Waals surface area contributed by atoms with Crippen LogP contribution < -0.4 is 0 Å². The quantitative estimate of drug-likeness (QED) is 0.363. The molecule has 1 unspecified atom stereocenters. The van der Waals surface area contributed by atoms with Crippen molar-refractivity contribution in [1.29, 1.82) is 0 Å². The van der Waals surface area contributed by atoms with Crippen molar-refractivity contribution in [2.24, 2.45) is 0 Å². The van der Waals surface area contributed by atoms with Crippen molar-refractivity contribution in [2.75, 3.05) is 26.6 Å². The van der Waals surface area contributed by atoms with Crippen molar-refractivity contribution in [1.82, 2.24) is 0 Å². The first kappa shape index (κ1) is 25.0. The van der Waals surface area contributed by atoms with E-state index in [9.17, 15) is 0 Å². The molecule has 1 fully saturated rings. The monoisotopic (exact) mass is 360 g/mol. The van der Waals surface area contributed by atoms with Crippen LogP contribution in [0.5, 0.6) is 0 Å². The Balaban J connectivity index is -0.0000000557. The van der Waals surface area contributed by atoms with Crippen molar-refractivity contribution in [3.63, 3.8) is 0 Å². The Labute approximate surface area is 135 Å². The summed E-state index contributed by atoms with van der Waals surface area (Å²) in [4.78, 5) is 0. The molecule has 1 aliphatic heterocycles. The zero-order chi connectivity index (χ0) is 9.82. The molecule has 4 N–H and O–H groups in total. The summed E-state index contributed by atoms with van der Waals surface area (Å²) in [6.07, 6.45) is 1.22. The van der Waals surface area contributed by atoms with E-state index in [0.29, 0.717) is 6.10 Å². The summed E-state index contributed by atoms with van der Waals surface area (Å²) in [5.74, 6) is 0. The minimum Gasteiger partial charge on any atom is -0.397 e. The van der Waals surface area contributed by atoms with Gasteiger partial charge in [0.15, 0.2) is 0 Å². The third-order valence-corrected chi connectivity index (χ3v) is 0.853. The Morgan fingerprint density at radius 1 is 1.14 bits per heavy atom. The van der Waals surface area contributed by atoms with Crippen molar-refractivity contribution >= 4 is 0 Å². The van der Waals surface area contributed by atoms with E-state index in [1.165, 1.54) is 0 Å².